The molecule has 1 rings (SSSR count). The molecule has 0 aromatic heterocycles. The van der Waals surface area contributed by atoms with Crippen LogP contribution in [0.15, 0.2) is 36.4 Å². The Morgan fingerprint density at radius 2 is 2.11 bits per heavy atom. The lowest BCUT2D eigenvalue weighted by atomic mass is 9.75. The highest BCUT2D eigenvalue weighted by Crippen LogP contribution is 2.33. The molecule has 1 unspecified atom stereocenters. The van der Waals surface area contributed by atoms with Crippen molar-refractivity contribution >= 4 is 5.97 Å². The Balaban J connectivity index is 3.39. The molecular weight excluding hydrogens is 226 g/mol. The van der Waals surface area contributed by atoms with Gasteiger partial charge in [0.2, 0.25) is 0 Å². The average Bonchev–Trinajstić information content (AvgIpc) is 2.36. The van der Waals surface area contributed by atoms with E-state index in [9.17, 15) is 4.79 Å². The van der Waals surface area contributed by atoms with E-state index in [1.54, 1.807) is 25.1 Å². The molecule has 0 bridgehead atoms. The quantitative estimate of drug-likeness (QED) is 0.603. The largest absolute Gasteiger partial charge is 0.468 e. The summed E-state index contributed by atoms with van der Waals surface area (Å²) < 4.78 is 4.88. The van der Waals surface area contributed by atoms with Crippen molar-refractivity contribution in [3.05, 3.63) is 47.5 Å². The lowest BCUT2D eigenvalue weighted by Gasteiger charge is -2.28. The van der Waals surface area contributed by atoms with Gasteiger partial charge in [-0.25, -0.2) is 0 Å². The van der Waals surface area contributed by atoms with Crippen LogP contribution < -0.4 is 0 Å². The highest BCUT2D eigenvalue weighted by molar-refractivity contribution is 5.84. The maximum Gasteiger partial charge on any atom is 0.316 e. The highest BCUT2D eigenvalue weighted by atomic mass is 16.5. The fourth-order valence-electron chi connectivity index (χ4n) is 2.17. The van der Waals surface area contributed by atoms with Gasteiger partial charge in [-0.3, -0.25) is 4.79 Å². The Morgan fingerprint density at radius 1 is 1.50 bits per heavy atom. The van der Waals surface area contributed by atoms with Crippen LogP contribution in [0.4, 0.5) is 0 Å². The summed E-state index contributed by atoms with van der Waals surface area (Å²) in [5.74, 6) is -0.354. The van der Waals surface area contributed by atoms with Gasteiger partial charge in [0, 0.05) is 0 Å². The molecule has 0 saturated carbocycles. The Morgan fingerprint density at radius 3 is 2.61 bits per heavy atom. The molecule has 3 nitrogen and oxygen atoms in total. The Bertz CT molecular complexity index is 513. The molecule has 18 heavy (non-hydrogen) atoms. The minimum atomic E-state index is -0.868. The predicted molar refractivity (Wildman–Crippen MR) is 70.0 cm³/mol. The van der Waals surface area contributed by atoms with Crippen LogP contribution in [0.1, 0.15) is 31.4 Å². The van der Waals surface area contributed by atoms with E-state index in [1.165, 1.54) is 7.11 Å². The summed E-state index contributed by atoms with van der Waals surface area (Å²) in [7, 11) is 1.36. The first-order chi connectivity index (χ1) is 8.45. The molecule has 0 aliphatic carbocycles. The first-order valence-electron chi connectivity index (χ1n) is 5.68. The summed E-state index contributed by atoms with van der Waals surface area (Å²) in [5.41, 5.74) is 1.18. The van der Waals surface area contributed by atoms with Gasteiger partial charge in [0.05, 0.1) is 24.2 Å². The fraction of sp³-hybridized carbons (Fsp3) is 0.333. The van der Waals surface area contributed by atoms with Gasteiger partial charge in [-0.05, 0) is 31.9 Å². The lowest BCUT2D eigenvalue weighted by Crippen LogP contribution is -2.34. The number of carbonyl (C=O) groups excluding carboxylic acids is 1. The van der Waals surface area contributed by atoms with E-state index < -0.39 is 5.41 Å². The molecule has 3 heteroatoms. The molecule has 0 amide bonds. The normalized spacial score (nSPS) is 13.2. The maximum atomic E-state index is 12.1. The minimum absolute atomic E-state index is 0.354. The summed E-state index contributed by atoms with van der Waals surface area (Å²) >= 11 is 0. The van der Waals surface area contributed by atoms with Crippen LogP contribution in [0.2, 0.25) is 0 Å². The van der Waals surface area contributed by atoms with Crippen LogP contribution in [0.25, 0.3) is 0 Å². The van der Waals surface area contributed by atoms with E-state index in [-0.39, 0.29) is 5.97 Å². The number of methoxy groups -OCH3 is 1. The van der Waals surface area contributed by atoms with Crippen molar-refractivity contribution in [2.45, 2.75) is 25.7 Å². The number of nitrogens with zero attached hydrogens (tertiary/aromatic N) is 1. The zero-order valence-electron chi connectivity index (χ0n) is 11.0. The number of rotatable bonds is 4. The van der Waals surface area contributed by atoms with Gasteiger partial charge < -0.3 is 4.74 Å². The molecule has 0 spiro atoms. The number of hydrogen-bond acceptors (Lipinski definition) is 3. The van der Waals surface area contributed by atoms with Crippen molar-refractivity contribution in [3.63, 3.8) is 0 Å². The molecule has 0 fully saturated rings. The van der Waals surface area contributed by atoms with Gasteiger partial charge >= 0.3 is 5.97 Å². The standard InChI is InChI=1S/C15H17NO2/c1-11(2)9-15(3,14(17)18-4)13-8-6-5-7-12(13)10-16/h5-8H,1,9H2,2-4H3. The van der Waals surface area contributed by atoms with Crippen molar-refractivity contribution in [1.29, 1.82) is 5.26 Å². The van der Waals surface area contributed by atoms with Crippen molar-refractivity contribution < 1.29 is 9.53 Å². The summed E-state index contributed by atoms with van der Waals surface area (Å²) in [4.78, 5) is 12.1. The first kappa shape index (κ1) is 14.0. The molecule has 1 aromatic rings. The molecule has 0 N–H and O–H groups in total. The second-order valence-electron chi connectivity index (χ2n) is 4.61. The summed E-state index contributed by atoms with van der Waals surface area (Å²) in [6.07, 6.45) is 0.457. The van der Waals surface area contributed by atoms with E-state index in [4.69, 9.17) is 10.00 Å². The molecule has 0 saturated heterocycles. The summed E-state index contributed by atoms with van der Waals surface area (Å²) in [6.45, 7) is 7.49. The lowest BCUT2D eigenvalue weighted by molar-refractivity contribution is -0.146. The van der Waals surface area contributed by atoms with Gasteiger partial charge in [-0.15, -0.1) is 6.58 Å². The monoisotopic (exact) mass is 243 g/mol. The predicted octanol–water partition coefficient (Wildman–Crippen LogP) is 2.96. The second kappa shape index (κ2) is 5.50. The first-order valence-corrected chi connectivity index (χ1v) is 5.68. The molecule has 1 atom stereocenters. The van der Waals surface area contributed by atoms with E-state index >= 15 is 0 Å². The zero-order valence-corrected chi connectivity index (χ0v) is 11.0. The Labute approximate surface area is 108 Å². The van der Waals surface area contributed by atoms with Crippen molar-refractivity contribution in [3.8, 4) is 6.07 Å². The highest BCUT2D eigenvalue weighted by Gasteiger charge is 2.38. The van der Waals surface area contributed by atoms with E-state index in [0.717, 1.165) is 5.57 Å². The van der Waals surface area contributed by atoms with E-state index in [0.29, 0.717) is 17.5 Å². The maximum absolute atomic E-state index is 12.1. The Kier molecular flexibility index (Phi) is 4.28. The summed E-state index contributed by atoms with van der Waals surface area (Å²) in [6, 6.07) is 9.20. The molecule has 0 aliphatic rings. The third kappa shape index (κ3) is 2.60. The van der Waals surface area contributed by atoms with Gasteiger partial charge in [0.1, 0.15) is 0 Å². The van der Waals surface area contributed by atoms with Gasteiger partial charge in [-0.1, -0.05) is 23.8 Å². The van der Waals surface area contributed by atoms with Crippen LogP contribution in [-0.4, -0.2) is 13.1 Å². The van der Waals surface area contributed by atoms with Crippen LogP contribution in [0, 0.1) is 11.3 Å². The number of benzene rings is 1. The van der Waals surface area contributed by atoms with Gasteiger partial charge in [-0.2, -0.15) is 5.26 Å². The number of hydrogen-bond donors (Lipinski definition) is 0. The van der Waals surface area contributed by atoms with Crippen LogP contribution in [-0.2, 0) is 14.9 Å². The second-order valence-corrected chi connectivity index (χ2v) is 4.61. The molecule has 0 radical (unpaired) electrons. The van der Waals surface area contributed by atoms with Crippen molar-refractivity contribution in [2.75, 3.05) is 7.11 Å². The van der Waals surface area contributed by atoms with Crippen LogP contribution >= 0.6 is 0 Å². The Hall–Kier alpha value is -2.08. The average molecular weight is 243 g/mol. The van der Waals surface area contributed by atoms with Crippen LogP contribution in [0.3, 0.4) is 0 Å². The van der Waals surface area contributed by atoms with Crippen molar-refractivity contribution in [1.82, 2.24) is 0 Å². The number of esters is 1. The minimum Gasteiger partial charge on any atom is -0.468 e. The number of nitriles is 1. The summed E-state index contributed by atoms with van der Waals surface area (Å²) in [5, 5.41) is 9.15. The van der Waals surface area contributed by atoms with Gasteiger partial charge in [0.25, 0.3) is 0 Å². The molecule has 0 aliphatic heterocycles. The van der Waals surface area contributed by atoms with Gasteiger partial charge in [0.15, 0.2) is 0 Å². The van der Waals surface area contributed by atoms with Crippen LogP contribution in [0.5, 0.6) is 0 Å². The third-order valence-corrected chi connectivity index (χ3v) is 2.93. The number of ether oxygens (including phenoxy) is 1. The molecule has 0 heterocycles. The SMILES string of the molecule is C=C(C)CC(C)(C(=O)OC)c1ccccc1C#N. The zero-order chi connectivity index (χ0) is 13.8. The number of carbonyl (C=O) groups is 1. The van der Waals surface area contributed by atoms with E-state index in [2.05, 4.69) is 12.6 Å². The fourth-order valence-corrected chi connectivity index (χ4v) is 2.17. The number of allylic oxidation sites excluding steroid dienone is 1. The smallest absolute Gasteiger partial charge is 0.316 e. The molecule has 94 valence electrons. The van der Waals surface area contributed by atoms with Crippen molar-refractivity contribution in [2.24, 2.45) is 0 Å². The third-order valence-electron chi connectivity index (χ3n) is 2.93. The topological polar surface area (TPSA) is 50.1 Å². The van der Waals surface area contributed by atoms with E-state index in [1.807, 2.05) is 13.0 Å². The molecular formula is C15H17NO2. The molecule has 1 aromatic carbocycles.